The molecule has 2 saturated carbocycles. The molecule has 2 heteroatoms. The summed E-state index contributed by atoms with van der Waals surface area (Å²) >= 11 is 0. The van der Waals surface area contributed by atoms with Gasteiger partial charge < -0.3 is 4.74 Å². The lowest BCUT2D eigenvalue weighted by molar-refractivity contribution is -0.155. The maximum atomic E-state index is 11.7. The van der Waals surface area contributed by atoms with E-state index in [9.17, 15) is 4.79 Å². The van der Waals surface area contributed by atoms with E-state index in [-0.39, 0.29) is 12.1 Å². The van der Waals surface area contributed by atoms with Crippen molar-refractivity contribution in [2.75, 3.05) is 0 Å². The van der Waals surface area contributed by atoms with Gasteiger partial charge in [0.25, 0.3) is 0 Å². The third-order valence-electron chi connectivity index (χ3n) is 4.75. The van der Waals surface area contributed by atoms with Gasteiger partial charge in [-0.3, -0.25) is 4.79 Å². The van der Waals surface area contributed by atoms with Crippen molar-refractivity contribution in [1.29, 1.82) is 0 Å². The fourth-order valence-electron chi connectivity index (χ4n) is 3.81. The van der Waals surface area contributed by atoms with Crippen molar-refractivity contribution in [1.82, 2.24) is 0 Å². The number of hydrogen-bond acceptors (Lipinski definition) is 2. The molecular weight excluding hydrogens is 224 g/mol. The highest BCUT2D eigenvalue weighted by atomic mass is 16.5. The zero-order valence-electron chi connectivity index (χ0n) is 11.8. The first-order valence-electron chi connectivity index (χ1n) is 8.00. The molecule has 2 aliphatic carbocycles. The van der Waals surface area contributed by atoms with E-state index in [1.807, 2.05) is 6.92 Å². The number of rotatable bonds is 4. The van der Waals surface area contributed by atoms with E-state index in [1.54, 1.807) is 0 Å². The normalized spacial score (nSPS) is 30.1. The van der Waals surface area contributed by atoms with Crippen LogP contribution in [-0.2, 0) is 9.53 Å². The number of carbonyl (C=O) groups excluding carboxylic acids is 1. The summed E-state index contributed by atoms with van der Waals surface area (Å²) in [6, 6.07) is 0. The molecule has 0 radical (unpaired) electrons. The summed E-state index contributed by atoms with van der Waals surface area (Å²) < 4.78 is 5.76. The largest absolute Gasteiger partial charge is 0.462 e. The SMILES string of the molecule is CCCC(=O)O[C@H]1CCCC[C@@H]1C1CCCCC1. The van der Waals surface area contributed by atoms with Crippen LogP contribution in [0.4, 0.5) is 0 Å². The minimum Gasteiger partial charge on any atom is -0.462 e. The van der Waals surface area contributed by atoms with E-state index >= 15 is 0 Å². The van der Waals surface area contributed by atoms with Crippen LogP contribution in [-0.4, -0.2) is 12.1 Å². The van der Waals surface area contributed by atoms with E-state index in [1.165, 1.54) is 51.4 Å². The maximum absolute atomic E-state index is 11.7. The van der Waals surface area contributed by atoms with Crippen LogP contribution >= 0.6 is 0 Å². The topological polar surface area (TPSA) is 26.3 Å². The van der Waals surface area contributed by atoms with Crippen molar-refractivity contribution in [3.63, 3.8) is 0 Å². The third-order valence-corrected chi connectivity index (χ3v) is 4.75. The number of ether oxygens (including phenoxy) is 1. The summed E-state index contributed by atoms with van der Waals surface area (Å²) in [5, 5.41) is 0. The van der Waals surface area contributed by atoms with Crippen LogP contribution in [0.15, 0.2) is 0 Å². The van der Waals surface area contributed by atoms with Gasteiger partial charge in [0.15, 0.2) is 0 Å². The van der Waals surface area contributed by atoms with Gasteiger partial charge in [-0.1, -0.05) is 45.4 Å². The lowest BCUT2D eigenvalue weighted by Gasteiger charge is -2.38. The van der Waals surface area contributed by atoms with Crippen molar-refractivity contribution in [3.05, 3.63) is 0 Å². The van der Waals surface area contributed by atoms with E-state index in [0.29, 0.717) is 12.3 Å². The Hall–Kier alpha value is -0.530. The minimum absolute atomic E-state index is 0.0326. The van der Waals surface area contributed by atoms with Gasteiger partial charge in [-0.25, -0.2) is 0 Å². The van der Waals surface area contributed by atoms with Crippen LogP contribution in [0, 0.1) is 11.8 Å². The van der Waals surface area contributed by atoms with Crippen molar-refractivity contribution in [2.24, 2.45) is 11.8 Å². The van der Waals surface area contributed by atoms with Crippen LogP contribution in [0.3, 0.4) is 0 Å². The Bertz CT molecular complexity index is 256. The number of hydrogen-bond donors (Lipinski definition) is 0. The molecule has 18 heavy (non-hydrogen) atoms. The second kappa shape index (κ2) is 7.16. The first-order valence-corrected chi connectivity index (χ1v) is 8.00. The van der Waals surface area contributed by atoms with E-state index in [2.05, 4.69) is 0 Å². The molecule has 0 aromatic rings. The third kappa shape index (κ3) is 3.73. The zero-order chi connectivity index (χ0) is 12.8. The minimum atomic E-state index is 0.0326. The van der Waals surface area contributed by atoms with Gasteiger partial charge in [0.1, 0.15) is 6.10 Å². The van der Waals surface area contributed by atoms with Crippen molar-refractivity contribution in [3.8, 4) is 0 Å². The van der Waals surface area contributed by atoms with Crippen LogP contribution in [0.2, 0.25) is 0 Å². The fourth-order valence-corrected chi connectivity index (χ4v) is 3.81. The lowest BCUT2D eigenvalue weighted by Crippen LogP contribution is -2.35. The molecule has 0 heterocycles. The standard InChI is InChI=1S/C16H28O2/c1-2-8-16(17)18-15-12-7-6-11-14(15)13-9-4-3-5-10-13/h13-15H,2-12H2,1H3/t14-,15+/m1/s1. The van der Waals surface area contributed by atoms with Gasteiger partial charge in [-0.05, 0) is 37.5 Å². The summed E-state index contributed by atoms with van der Waals surface area (Å²) in [5.41, 5.74) is 0. The van der Waals surface area contributed by atoms with E-state index < -0.39 is 0 Å². The van der Waals surface area contributed by atoms with Crippen LogP contribution < -0.4 is 0 Å². The van der Waals surface area contributed by atoms with Crippen LogP contribution in [0.25, 0.3) is 0 Å². The molecule has 0 saturated heterocycles. The first-order chi connectivity index (χ1) is 8.81. The summed E-state index contributed by atoms with van der Waals surface area (Å²) in [6.45, 7) is 2.04. The van der Waals surface area contributed by atoms with Crippen molar-refractivity contribution < 1.29 is 9.53 Å². The van der Waals surface area contributed by atoms with Gasteiger partial charge in [0.2, 0.25) is 0 Å². The van der Waals surface area contributed by atoms with Gasteiger partial charge in [0.05, 0.1) is 0 Å². The summed E-state index contributed by atoms with van der Waals surface area (Å²) in [5.74, 6) is 1.53. The summed E-state index contributed by atoms with van der Waals surface area (Å²) in [4.78, 5) is 11.7. The Morgan fingerprint density at radius 2 is 1.67 bits per heavy atom. The molecule has 0 bridgehead atoms. The Morgan fingerprint density at radius 1 is 1.00 bits per heavy atom. The first kappa shape index (κ1) is 13.9. The summed E-state index contributed by atoms with van der Waals surface area (Å²) in [6.07, 6.45) is 13.6. The molecule has 0 aromatic carbocycles. The second-order valence-corrected chi connectivity index (χ2v) is 6.12. The molecule has 0 aliphatic heterocycles. The molecular formula is C16H28O2. The van der Waals surface area contributed by atoms with Gasteiger partial charge in [-0.2, -0.15) is 0 Å². The van der Waals surface area contributed by atoms with Crippen LogP contribution in [0.1, 0.15) is 77.6 Å². The van der Waals surface area contributed by atoms with Crippen LogP contribution in [0.5, 0.6) is 0 Å². The maximum Gasteiger partial charge on any atom is 0.306 e. The second-order valence-electron chi connectivity index (χ2n) is 6.12. The van der Waals surface area contributed by atoms with E-state index in [4.69, 9.17) is 4.74 Å². The highest BCUT2D eigenvalue weighted by molar-refractivity contribution is 5.69. The lowest BCUT2D eigenvalue weighted by atomic mass is 9.72. The monoisotopic (exact) mass is 252 g/mol. The smallest absolute Gasteiger partial charge is 0.306 e. The molecule has 2 fully saturated rings. The predicted molar refractivity (Wildman–Crippen MR) is 73.3 cm³/mol. The average Bonchev–Trinajstić information content (AvgIpc) is 2.40. The Labute approximate surface area is 111 Å². The average molecular weight is 252 g/mol. The molecule has 104 valence electrons. The molecule has 2 nitrogen and oxygen atoms in total. The Kier molecular flexibility index (Phi) is 5.52. The Morgan fingerprint density at radius 3 is 2.39 bits per heavy atom. The molecule has 0 aromatic heterocycles. The number of esters is 1. The molecule has 0 spiro atoms. The molecule has 0 N–H and O–H groups in total. The molecule has 2 rings (SSSR count). The summed E-state index contributed by atoms with van der Waals surface area (Å²) in [7, 11) is 0. The molecule has 2 aliphatic rings. The van der Waals surface area contributed by atoms with Gasteiger partial charge in [0, 0.05) is 6.42 Å². The van der Waals surface area contributed by atoms with Gasteiger partial charge >= 0.3 is 5.97 Å². The highest BCUT2D eigenvalue weighted by Gasteiger charge is 2.34. The molecule has 2 atom stereocenters. The number of carbonyl (C=O) groups is 1. The fraction of sp³-hybridized carbons (Fsp3) is 0.938. The molecule has 0 unspecified atom stereocenters. The molecule has 0 amide bonds. The zero-order valence-corrected chi connectivity index (χ0v) is 11.8. The quantitative estimate of drug-likeness (QED) is 0.690. The van der Waals surface area contributed by atoms with Gasteiger partial charge in [-0.15, -0.1) is 0 Å². The van der Waals surface area contributed by atoms with E-state index in [0.717, 1.165) is 18.8 Å². The highest BCUT2D eigenvalue weighted by Crippen LogP contribution is 2.39. The predicted octanol–water partition coefficient (Wildman–Crippen LogP) is 4.47. The Balaban J connectivity index is 1.90. The van der Waals surface area contributed by atoms with Crippen molar-refractivity contribution >= 4 is 5.97 Å². The van der Waals surface area contributed by atoms with Crippen molar-refractivity contribution in [2.45, 2.75) is 83.7 Å².